The lowest BCUT2D eigenvalue weighted by Gasteiger charge is -2.15. The third-order valence-electron chi connectivity index (χ3n) is 3.90. The maximum atomic E-state index is 5.56. The molecule has 7 heteroatoms. The second-order valence-corrected chi connectivity index (χ2v) is 6.51. The molecule has 0 spiro atoms. The van der Waals surface area contributed by atoms with Gasteiger partial charge in [0.2, 0.25) is 5.75 Å². The average Bonchev–Trinajstić information content (AvgIpc) is 3.13. The number of benzene rings is 1. The Kier molecular flexibility index (Phi) is 3.87. The van der Waals surface area contributed by atoms with E-state index in [0.717, 1.165) is 16.9 Å². The molecule has 3 rings (SSSR count). The molecule has 0 atom stereocenters. The van der Waals surface area contributed by atoms with Gasteiger partial charge in [0, 0.05) is 11.5 Å². The summed E-state index contributed by atoms with van der Waals surface area (Å²) >= 11 is 0. The molecule has 0 aliphatic carbocycles. The zero-order valence-corrected chi connectivity index (χ0v) is 14.8. The van der Waals surface area contributed by atoms with Gasteiger partial charge >= 0.3 is 0 Å². The van der Waals surface area contributed by atoms with E-state index in [1.807, 2.05) is 18.2 Å². The van der Waals surface area contributed by atoms with Crippen LogP contribution in [0.1, 0.15) is 26.5 Å². The Labute approximate surface area is 140 Å². The maximum absolute atomic E-state index is 5.56. The van der Waals surface area contributed by atoms with Gasteiger partial charge < -0.3 is 14.2 Å². The summed E-state index contributed by atoms with van der Waals surface area (Å²) in [5, 5.41) is 12.1. The number of methoxy groups -OCH3 is 3. The summed E-state index contributed by atoms with van der Waals surface area (Å²) in [7, 11) is 4.76. The maximum Gasteiger partial charge on any atom is 0.204 e. The van der Waals surface area contributed by atoms with Gasteiger partial charge in [0.25, 0.3) is 0 Å². The summed E-state index contributed by atoms with van der Waals surface area (Å²) in [6.45, 7) is 6.37. The van der Waals surface area contributed by atoms with E-state index < -0.39 is 0 Å². The largest absolute Gasteiger partial charge is 0.493 e. The molecule has 0 radical (unpaired) electrons. The van der Waals surface area contributed by atoms with Crippen molar-refractivity contribution < 1.29 is 14.2 Å². The van der Waals surface area contributed by atoms with Gasteiger partial charge in [-0.3, -0.25) is 5.10 Å². The molecule has 0 bridgehead atoms. The van der Waals surface area contributed by atoms with Crippen LogP contribution >= 0.6 is 0 Å². The van der Waals surface area contributed by atoms with Crippen LogP contribution in [0.25, 0.3) is 17.0 Å². The van der Waals surface area contributed by atoms with Crippen LogP contribution in [0.15, 0.2) is 18.2 Å². The summed E-state index contributed by atoms with van der Waals surface area (Å²) < 4.78 is 18.1. The Balaban J connectivity index is 2.22. The lowest BCUT2D eigenvalue weighted by Crippen LogP contribution is -2.12. The Hall–Kier alpha value is -2.70. The molecule has 7 nitrogen and oxygen atoms in total. The molecular weight excluding hydrogens is 308 g/mol. The van der Waals surface area contributed by atoms with Gasteiger partial charge in [-0.25, -0.2) is 0 Å². The molecule has 128 valence electrons. The molecule has 24 heavy (non-hydrogen) atoms. The normalized spacial score (nSPS) is 11.8. The first-order chi connectivity index (χ1) is 11.4. The lowest BCUT2D eigenvalue weighted by molar-refractivity contribution is 0.325. The minimum atomic E-state index is -0.0498. The van der Waals surface area contributed by atoms with Crippen LogP contribution in [-0.2, 0) is 5.41 Å². The standard InChI is InChI=1S/C17H22N4O3/c1-17(2,3)12-9-13-18-19-16(21(13)20-12)10-7-8-11(22-4)15(24-6)14(10)23-5/h7-9,18H,1-6H3. The average molecular weight is 330 g/mol. The number of hydrogen-bond acceptors (Lipinski definition) is 5. The lowest BCUT2D eigenvalue weighted by atomic mass is 9.93. The second-order valence-electron chi connectivity index (χ2n) is 6.51. The Morgan fingerprint density at radius 3 is 2.29 bits per heavy atom. The SMILES string of the molecule is COc1ccc(-c2n[nH]c3cc(C(C)(C)C)nn23)c(OC)c1OC. The highest BCUT2D eigenvalue weighted by molar-refractivity contribution is 5.73. The molecule has 0 saturated heterocycles. The molecule has 1 aromatic carbocycles. The molecular formula is C17H22N4O3. The van der Waals surface area contributed by atoms with Gasteiger partial charge in [0.1, 0.15) is 0 Å². The highest BCUT2D eigenvalue weighted by atomic mass is 16.5. The number of nitrogens with zero attached hydrogens (tertiary/aromatic N) is 3. The molecule has 0 aliphatic heterocycles. The van der Waals surface area contributed by atoms with Crippen molar-refractivity contribution in [2.24, 2.45) is 0 Å². The zero-order chi connectivity index (χ0) is 17.5. The summed E-state index contributed by atoms with van der Waals surface area (Å²) in [5.41, 5.74) is 2.53. The third-order valence-corrected chi connectivity index (χ3v) is 3.90. The van der Waals surface area contributed by atoms with E-state index >= 15 is 0 Å². The van der Waals surface area contributed by atoms with Gasteiger partial charge in [0.05, 0.1) is 32.6 Å². The van der Waals surface area contributed by atoms with Crippen LogP contribution in [-0.4, -0.2) is 41.1 Å². The van der Waals surface area contributed by atoms with Gasteiger partial charge in [-0.15, -0.1) is 0 Å². The fraction of sp³-hybridized carbons (Fsp3) is 0.412. The van der Waals surface area contributed by atoms with Crippen LogP contribution in [0.5, 0.6) is 17.2 Å². The van der Waals surface area contributed by atoms with Crippen molar-refractivity contribution in [3.05, 3.63) is 23.9 Å². The van der Waals surface area contributed by atoms with Gasteiger partial charge in [-0.1, -0.05) is 20.8 Å². The predicted molar refractivity (Wildman–Crippen MR) is 91.1 cm³/mol. The summed E-state index contributed by atoms with van der Waals surface area (Å²) in [4.78, 5) is 0. The van der Waals surface area contributed by atoms with Crippen molar-refractivity contribution in [2.45, 2.75) is 26.2 Å². The van der Waals surface area contributed by atoms with E-state index in [2.05, 4.69) is 36.1 Å². The van der Waals surface area contributed by atoms with Crippen molar-refractivity contribution in [2.75, 3.05) is 21.3 Å². The van der Waals surface area contributed by atoms with Crippen molar-refractivity contribution in [3.63, 3.8) is 0 Å². The fourth-order valence-corrected chi connectivity index (χ4v) is 2.60. The number of nitrogens with one attached hydrogen (secondary N) is 1. The predicted octanol–water partition coefficient (Wildman–Crippen LogP) is 3.05. The molecule has 1 N–H and O–H groups in total. The molecule has 0 fully saturated rings. The first-order valence-electron chi connectivity index (χ1n) is 7.64. The molecule has 2 aromatic heterocycles. The van der Waals surface area contributed by atoms with Crippen molar-refractivity contribution >= 4 is 5.65 Å². The van der Waals surface area contributed by atoms with Gasteiger partial charge in [-0.2, -0.15) is 14.7 Å². The zero-order valence-electron chi connectivity index (χ0n) is 14.8. The fourth-order valence-electron chi connectivity index (χ4n) is 2.60. The highest BCUT2D eigenvalue weighted by Gasteiger charge is 2.24. The van der Waals surface area contributed by atoms with E-state index in [9.17, 15) is 0 Å². The first kappa shape index (κ1) is 16.2. The van der Waals surface area contributed by atoms with Crippen molar-refractivity contribution in [1.82, 2.24) is 19.8 Å². The minimum Gasteiger partial charge on any atom is -0.493 e. The monoisotopic (exact) mass is 330 g/mol. The van der Waals surface area contributed by atoms with Gasteiger partial charge in [0.15, 0.2) is 23.0 Å². The quantitative estimate of drug-likeness (QED) is 0.796. The number of fused-ring (bicyclic) bond motifs is 1. The molecule has 0 amide bonds. The van der Waals surface area contributed by atoms with Gasteiger partial charge in [-0.05, 0) is 12.1 Å². The highest BCUT2D eigenvalue weighted by Crippen LogP contribution is 2.43. The van der Waals surface area contributed by atoms with Crippen LogP contribution < -0.4 is 14.2 Å². The number of aromatic amines is 1. The van der Waals surface area contributed by atoms with Crippen LogP contribution in [0.3, 0.4) is 0 Å². The van der Waals surface area contributed by atoms with E-state index in [-0.39, 0.29) is 5.41 Å². The Morgan fingerprint density at radius 2 is 1.71 bits per heavy atom. The van der Waals surface area contributed by atoms with E-state index in [1.54, 1.807) is 25.8 Å². The Morgan fingerprint density at radius 1 is 1.00 bits per heavy atom. The van der Waals surface area contributed by atoms with E-state index in [4.69, 9.17) is 14.2 Å². The number of hydrogen-bond donors (Lipinski definition) is 1. The summed E-state index contributed by atoms with van der Waals surface area (Å²) in [5.74, 6) is 2.33. The smallest absolute Gasteiger partial charge is 0.204 e. The summed E-state index contributed by atoms with van der Waals surface area (Å²) in [6, 6.07) is 5.71. The molecule has 2 heterocycles. The molecule has 0 unspecified atom stereocenters. The minimum absolute atomic E-state index is 0.0498. The molecule has 0 aliphatic rings. The second kappa shape index (κ2) is 5.74. The number of H-pyrrole nitrogens is 1. The first-order valence-corrected chi connectivity index (χ1v) is 7.64. The third kappa shape index (κ3) is 2.46. The van der Waals surface area contributed by atoms with Crippen LogP contribution in [0.4, 0.5) is 0 Å². The summed E-state index contributed by atoms with van der Waals surface area (Å²) in [6.07, 6.45) is 0. The topological polar surface area (TPSA) is 73.7 Å². The van der Waals surface area contributed by atoms with E-state index in [0.29, 0.717) is 23.1 Å². The van der Waals surface area contributed by atoms with Crippen molar-refractivity contribution in [1.29, 1.82) is 0 Å². The number of rotatable bonds is 4. The number of aromatic nitrogens is 4. The molecule has 3 aromatic rings. The molecule has 0 saturated carbocycles. The Bertz CT molecular complexity index is 874. The van der Waals surface area contributed by atoms with Crippen molar-refractivity contribution in [3.8, 4) is 28.6 Å². The van der Waals surface area contributed by atoms with E-state index in [1.165, 1.54) is 0 Å². The van der Waals surface area contributed by atoms with Crippen LogP contribution in [0, 0.1) is 0 Å². The number of ether oxygens (including phenoxy) is 3. The van der Waals surface area contributed by atoms with Crippen LogP contribution in [0.2, 0.25) is 0 Å².